The maximum atomic E-state index is 12.6. The van der Waals surface area contributed by atoms with Gasteiger partial charge in [-0.2, -0.15) is 0 Å². The van der Waals surface area contributed by atoms with Crippen LogP contribution in [0.1, 0.15) is 36.0 Å². The minimum absolute atomic E-state index is 0.183. The number of carbonyl (C=O) groups is 1. The minimum atomic E-state index is -0.959. The fourth-order valence-electron chi connectivity index (χ4n) is 2.22. The molecule has 0 aliphatic rings. The first-order valence-corrected chi connectivity index (χ1v) is 9.15. The van der Waals surface area contributed by atoms with E-state index in [-0.39, 0.29) is 19.1 Å². The number of nitrogens with one attached hydrogen (secondary N) is 1. The molecule has 4 N–H and O–H groups in total. The van der Waals surface area contributed by atoms with Crippen molar-refractivity contribution >= 4 is 40.0 Å². The Labute approximate surface area is 157 Å². The van der Waals surface area contributed by atoms with E-state index in [2.05, 4.69) is 17.9 Å². The third-order valence-corrected chi connectivity index (χ3v) is 5.14. The van der Waals surface area contributed by atoms with E-state index in [1.54, 1.807) is 32.1 Å². The van der Waals surface area contributed by atoms with Crippen molar-refractivity contribution in [2.45, 2.75) is 33.3 Å². The summed E-state index contributed by atoms with van der Waals surface area (Å²) in [4.78, 5) is 14.2. The maximum absolute atomic E-state index is 12.6. The summed E-state index contributed by atoms with van der Waals surface area (Å²) < 4.78 is 6.72. The number of hydrogen-bond acceptors (Lipinski definition) is 6. The Bertz CT molecular complexity index is 816. The lowest BCUT2D eigenvalue weighted by atomic mass is 10.1. The lowest BCUT2D eigenvalue weighted by Crippen LogP contribution is -2.38. The van der Waals surface area contributed by atoms with E-state index in [9.17, 15) is 9.90 Å². The van der Waals surface area contributed by atoms with E-state index >= 15 is 0 Å². The highest BCUT2D eigenvalue weighted by Gasteiger charge is 2.20. The molecule has 0 fully saturated rings. The number of amides is 1. The van der Waals surface area contributed by atoms with Gasteiger partial charge in [0.25, 0.3) is 5.91 Å². The molecule has 0 aliphatic heterocycles. The topological polar surface area (TPSA) is 84.6 Å². The predicted octanol–water partition coefficient (Wildman–Crippen LogP) is 3.21. The van der Waals surface area contributed by atoms with Gasteiger partial charge in [0.15, 0.2) is 0 Å². The third kappa shape index (κ3) is 5.14. The van der Waals surface area contributed by atoms with Gasteiger partial charge in [0.2, 0.25) is 0 Å². The zero-order chi connectivity index (χ0) is 18.8. The SMILES string of the molecule is C/C(N)=C(/S)COc1ccc2sc(C)c(C(=O)NCC(C)(C)O)c2c1. The largest absolute Gasteiger partial charge is 0.488 e. The Morgan fingerprint density at radius 1 is 1.44 bits per heavy atom. The highest BCUT2D eigenvalue weighted by Crippen LogP contribution is 2.33. The molecule has 7 heteroatoms. The van der Waals surface area contributed by atoms with Gasteiger partial charge < -0.3 is 20.9 Å². The number of ether oxygens (including phenoxy) is 1. The first kappa shape index (κ1) is 19.6. The lowest BCUT2D eigenvalue weighted by molar-refractivity contribution is 0.0695. The number of aliphatic hydroxyl groups is 1. The number of thiol groups is 1. The zero-order valence-electron chi connectivity index (χ0n) is 14.8. The summed E-state index contributed by atoms with van der Waals surface area (Å²) in [5, 5.41) is 13.4. The van der Waals surface area contributed by atoms with Gasteiger partial charge in [-0.3, -0.25) is 4.79 Å². The molecule has 0 saturated carbocycles. The highest BCUT2D eigenvalue weighted by molar-refractivity contribution is 7.84. The molecule has 5 nitrogen and oxygen atoms in total. The fourth-order valence-corrected chi connectivity index (χ4v) is 3.33. The van der Waals surface area contributed by atoms with Gasteiger partial charge in [0.05, 0.1) is 11.2 Å². The van der Waals surface area contributed by atoms with Crippen molar-refractivity contribution in [3.05, 3.63) is 39.2 Å². The molecule has 0 aliphatic carbocycles. The normalized spacial score (nSPS) is 12.9. The van der Waals surface area contributed by atoms with Crippen molar-refractivity contribution in [2.24, 2.45) is 5.73 Å². The Morgan fingerprint density at radius 3 is 2.72 bits per heavy atom. The third-order valence-electron chi connectivity index (χ3n) is 3.57. The summed E-state index contributed by atoms with van der Waals surface area (Å²) in [5.74, 6) is 0.449. The van der Waals surface area contributed by atoms with Crippen molar-refractivity contribution < 1.29 is 14.6 Å². The monoisotopic (exact) mass is 380 g/mol. The second-order valence-electron chi connectivity index (χ2n) is 6.60. The number of fused-ring (bicyclic) bond motifs is 1. The van der Waals surface area contributed by atoms with Gasteiger partial charge in [-0.25, -0.2) is 0 Å². The molecule has 0 atom stereocenters. The van der Waals surface area contributed by atoms with Gasteiger partial charge in [-0.15, -0.1) is 24.0 Å². The van der Waals surface area contributed by atoms with E-state index < -0.39 is 5.60 Å². The van der Waals surface area contributed by atoms with E-state index in [1.807, 2.05) is 25.1 Å². The minimum Gasteiger partial charge on any atom is -0.488 e. The van der Waals surface area contributed by atoms with Crippen LogP contribution in [-0.2, 0) is 0 Å². The Hall–Kier alpha value is -1.70. The molecule has 25 heavy (non-hydrogen) atoms. The number of hydrogen-bond donors (Lipinski definition) is 4. The summed E-state index contributed by atoms with van der Waals surface area (Å²) in [5.41, 5.74) is 5.95. The Kier molecular flexibility index (Phi) is 6.03. The average Bonchev–Trinajstić information content (AvgIpc) is 2.84. The molecule has 0 unspecified atom stereocenters. The lowest BCUT2D eigenvalue weighted by Gasteiger charge is -2.17. The summed E-state index contributed by atoms with van der Waals surface area (Å²) >= 11 is 5.84. The maximum Gasteiger partial charge on any atom is 0.253 e. The molecule has 2 aromatic rings. The van der Waals surface area contributed by atoms with Crippen LogP contribution in [0.3, 0.4) is 0 Å². The first-order valence-electron chi connectivity index (χ1n) is 7.89. The second-order valence-corrected chi connectivity index (χ2v) is 8.40. The van der Waals surface area contributed by atoms with Gasteiger partial charge >= 0.3 is 0 Å². The van der Waals surface area contributed by atoms with Crippen LogP contribution in [0.2, 0.25) is 0 Å². The summed E-state index contributed by atoms with van der Waals surface area (Å²) in [6, 6.07) is 5.65. The van der Waals surface area contributed by atoms with Crippen LogP contribution in [0, 0.1) is 6.92 Å². The molecule has 136 valence electrons. The van der Waals surface area contributed by atoms with Gasteiger partial charge in [-0.05, 0) is 45.9 Å². The van der Waals surface area contributed by atoms with Crippen LogP contribution < -0.4 is 15.8 Å². The number of aryl methyl sites for hydroxylation is 1. The molecule has 1 aromatic heterocycles. The highest BCUT2D eigenvalue weighted by atomic mass is 32.1. The molecular formula is C18H24N2O3S2. The van der Waals surface area contributed by atoms with E-state index in [0.29, 0.717) is 21.9 Å². The summed E-state index contributed by atoms with van der Waals surface area (Å²) in [6.45, 7) is 7.45. The van der Waals surface area contributed by atoms with Crippen molar-refractivity contribution in [1.82, 2.24) is 5.32 Å². The number of allylic oxidation sites excluding steroid dienone is 1. The number of thiophene rings is 1. The molecule has 0 bridgehead atoms. The van der Waals surface area contributed by atoms with Crippen LogP contribution in [0.15, 0.2) is 28.8 Å². The van der Waals surface area contributed by atoms with Gasteiger partial charge in [-0.1, -0.05) is 0 Å². The molecule has 2 rings (SSSR count). The molecule has 1 heterocycles. The van der Waals surface area contributed by atoms with E-state index in [1.165, 1.54) is 0 Å². The quantitative estimate of drug-likeness (QED) is 0.580. The summed E-state index contributed by atoms with van der Waals surface area (Å²) in [6.07, 6.45) is 0. The number of benzene rings is 1. The molecule has 0 spiro atoms. The first-order chi connectivity index (χ1) is 11.6. The Morgan fingerprint density at radius 2 is 2.12 bits per heavy atom. The fraction of sp³-hybridized carbons (Fsp3) is 0.389. The number of nitrogens with two attached hydrogens (primary N) is 1. The van der Waals surface area contributed by atoms with E-state index in [0.717, 1.165) is 15.0 Å². The number of rotatable bonds is 6. The van der Waals surface area contributed by atoms with Crippen molar-refractivity contribution in [3.8, 4) is 5.75 Å². The van der Waals surface area contributed by atoms with Crippen molar-refractivity contribution in [2.75, 3.05) is 13.2 Å². The van der Waals surface area contributed by atoms with Crippen LogP contribution in [0.4, 0.5) is 0 Å². The predicted molar refractivity (Wildman–Crippen MR) is 107 cm³/mol. The molecule has 0 saturated heterocycles. The molecule has 0 radical (unpaired) electrons. The standard InChI is InChI=1S/C18H24N2O3S2/c1-10(19)14(24)8-23-12-5-6-15-13(7-12)16(11(2)25-15)17(21)20-9-18(3,4)22/h5-7,22,24H,8-9,19H2,1-4H3,(H,20,21)/b14-10-. The van der Waals surface area contributed by atoms with Crippen LogP contribution in [0.25, 0.3) is 10.1 Å². The smallest absolute Gasteiger partial charge is 0.253 e. The van der Waals surface area contributed by atoms with Crippen LogP contribution in [0.5, 0.6) is 5.75 Å². The van der Waals surface area contributed by atoms with Crippen molar-refractivity contribution in [1.29, 1.82) is 0 Å². The van der Waals surface area contributed by atoms with Crippen LogP contribution >= 0.6 is 24.0 Å². The van der Waals surface area contributed by atoms with Gasteiger partial charge in [0.1, 0.15) is 12.4 Å². The average molecular weight is 381 g/mol. The number of carbonyl (C=O) groups excluding carboxylic acids is 1. The second kappa shape index (κ2) is 7.68. The Balaban J connectivity index is 2.28. The van der Waals surface area contributed by atoms with E-state index in [4.69, 9.17) is 10.5 Å². The molecular weight excluding hydrogens is 356 g/mol. The van der Waals surface area contributed by atoms with Gasteiger partial charge in [0, 0.05) is 32.1 Å². The van der Waals surface area contributed by atoms with Crippen LogP contribution in [-0.4, -0.2) is 29.8 Å². The molecule has 1 aromatic carbocycles. The zero-order valence-corrected chi connectivity index (χ0v) is 16.6. The molecule has 1 amide bonds. The summed E-state index contributed by atoms with van der Waals surface area (Å²) in [7, 11) is 0. The van der Waals surface area contributed by atoms with Crippen molar-refractivity contribution in [3.63, 3.8) is 0 Å².